The zero-order valence-corrected chi connectivity index (χ0v) is 30.2. The van der Waals surface area contributed by atoms with Crippen molar-refractivity contribution in [3.05, 3.63) is 94.5 Å². The molecule has 0 saturated carbocycles. The first-order chi connectivity index (χ1) is 23.9. The number of allylic oxidation sites excluding steroid dienone is 1. The number of carboxylic acids is 1. The molecule has 2 aromatic rings. The van der Waals surface area contributed by atoms with Crippen LogP contribution in [0.4, 0.5) is 5.69 Å². The second-order valence-electron chi connectivity index (χ2n) is 13.1. The van der Waals surface area contributed by atoms with Gasteiger partial charge >= 0.3 is 5.97 Å². The molecule has 0 fully saturated rings. The molecule has 11 heteroatoms. The monoisotopic (exact) mass is 702 g/mol. The van der Waals surface area contributed by atoms with Crippen LogP contribution in [-0.4, -0.2) is 71.1 Å². The van der Waals surface area contributed by atoms with Gasteiger partial charge in [0.2, 0.25) is 5.36 Å². The molecule has 10 nitrogen and oxygen atoms in total. The summed E-state index contributed by atoms with van der Waals surface area (Å²) >= 11 is 0. The molecule has 2 aromatic carbocycles. The number of unbranched alkanes of at least 4 members (excludes halogenated alkanes) is 2. The molecule has 0 unspecified atom stereocenters. The minimum Gasteiger partial charge on any atom is -0.744 e. The Kier molecular flexibility index (Phi) is 11.6. The van der Waals surface area contributed by atoms with Crippen LogP contribution in [0.15, 0.2) is 81.7 Å². The van der Waals surface area contributed by atoms with Gasteiger partial charge in [-0.05, 0) is 61.2 Å². The fourth-order valence-corrected chi connectivity index (χ4v) is 7.22. The van der Waals surface area contributed by atoms with Crippen LogP contribution in [0.25, 0.3) is 28.7 Å². The molecule has 0 bridgehead atoms. The highest BCUT2D eigenvalue weighted by molar-refractivity contribution is 7.85. The van der Waals surface area contributed by atoms with E-state index in [4.69, 9.17) is 19.0 Å². The molecule has 0 atom stereocenters. The topological polar surface area (TPSA) is 132 Å². The number of fused-ring (bicyclic) bond motifs is 2. The molecule has 1 aliphatic carbocycles. The smallest absolute Gasteiger partial charge is 0.303 e. The molecule has 3 aliphatic rings. The molecule has 0 amide bonds. The second kappa shape index (κ2) is 15.7. The Morgan fingerprint density at radius 3 is 2.32 bits per heavy atom. The van der Waals surface area contributed by atoms with Gasteiger partial charge in [0.05, 0.1) is 11.0 Å². The fourth-order valence-electron chi connectivity index (χ4n) is 6.72. The number of benzene rings is 3. The van der Waals surface area contributed by atoms with E-state index in [0.717, 1.165) is 56.7 Å². The molecular formula is C39H46N2O8S. The van der Waals surface area contributed by atoms with E-state index in [0.29, 0.717) is 51.4 Å². The maximum atomic E-state index is 12.1. The van der Waals surface area contributed by atoms with Crippen LogP contribution in [0.3, 0.4) is 0 Å². The van der Waals surface area contributed by atoms with Crippen LogP contribution in [0.2, 0.25) is 0 Å². The number of methoxy groups -OCH3 is 2. The summed E-state index contributed by atoms with van der Waals surface area (Å²) in [6, 6.07) is 20.7. The van der Waals surface area contributed by atoms with Crippen LogP contribution in [0.5, 0.6) is 0 Å². The molecule has 0 aromatic heterocycles. The van der Waals surface area contributed by atoms with Crippen LogP contribution >= 0.6 is 0 Å². The number of nitrogens with zero attached hydrogens (tertiary/aromatic N) is 2. The van der Waals surface area contributed by atoms with Gasteiger partial charge < -0.3 is 28.5 Å². The van der Waals surface area contributed by atoms with E-state index in [9.17, 15) is 17.8 Å². The van der Waals surface area contributed by atoms with Crippen molar-refractivity contribution in [1.29, 1.82) is 0 Å². The van der Waals surface area contributed by atoms with Gasteiger partial charge in [0.1, 0.15) is 34.9 Å². The first-order valence-corrected chi connectivity index (χ1v) is 18.3. The molecule has 0 radical (unpaired) electrons. The Hall–Kier alpha value is -4.29. The molecule has 1 N–H and O–H groups in total. The van der Waals surface area contributed by atoms with Crippen molar-refractivity contribution in [3.63, 3.8) is 0 Å². The van der Waals surface area contributed by atoms with Crippen LogP contribution in [0, 0.1) is 6.92 Å². The number of anilines is 1. The van der Waals surface area contributed by atoms with Gasteiger partial charge in [-0.15, -0.1) is 0 Å². The lowest BCUT2D eigenvalue weighted by molar-refractivity contribution is -0.137. The van der Waals surface area contributed by atoms with Crippen LogP contribution in [0.1, 0.15) is 56.2 Å². The SMILES string of the molecule is COCC[N+](CCOC)=c1ccc2c(/C=C3\N(CCCCCC(=O)O)c4ccc(S(=O)(=O)[O-])cc4C3(C)C)c(C)c(-c3ccccc3)oc-2c1. The largest absolute Gasteiger partial charge is 0.744 e. The molecule has 0 saturated heterocycles. The van der Waals surface area contributed by atoms with Gasteiger partial charge in [0.25, 0.3) is 0 Å². The van der Waals surface area contributed by atoms with Gasteiger partial charge in [-0.3, -0.25) is 4.79 Å². The molecular weight excluding hydrogens is 657 g/mol. The molecule has 2 heterocycles. The van der Waals surface area contributed by atoms with Crippen molar-refractivity contribution in [2.45, 2.75) is 56.8 Å². The highest BCUT2D eigenvalue weighted by Crippen LogP contribution is 2.50. The molecule has 5 rings (SSSR count). The van der Waals surface area contributed by atoms with Crippen molar-refractivity contribution < 1.29 is 36.8 Å². The lowest BCUT2D eigenvalue weighted by atomic mass is 9.82. The molecule has 2 aliphatic heterocycles. The minimum absolute atomic E-state index is 0.104. The van der Waals surface area contributed by atoms with Crippen molar-refractivity contribution >= 4 is 27.9 Å². The predicted molar refractivity (Wildman–Crippen MR) is 193 cm³/mol. The quantitative estimate of drug-likeness (QED) is 0.0885. The van der Waals surface area contributed by atoms with E-state index in [2.05, 4.69) is 33.8 Å². The summed E-state index contributed by atoms with van der Waals surface area (Å²) in [6.07, 6.45) is 4.27. The van der Waals surface area contributed by atoms with Crippen molar-refractivity contribution in [2.24, 2.45) is 0 Å². The van der Waals surface area contributed by atoms with Crippen molar-refractivity contribution in [2.75, 3.05) is 52.0 Å². The second-order valence-corrected chi connectivity index (χ2v) is 14.5. The maximum absolute atomic E-state index is 12.1. The highest BCUT2D eigenvalue weighted by Gasteiger charge is 2.41. The summed E-state index contributed by atoms with van der Waals surface area (Å²) in [5, 5.41) is 10.1. The molecule has 50 heavy (non-hydrogen) atoms. The highest BCUT2D eigenvalue weighted by atomic mass is 32.2. The summed E-state index contributed by atoms with van der Waals surface area (Å²) < 4.78 is 56.0. The minimum atomic E-state index is -4.67. The Morgan fingerprint density at radius 2 is 1.68 bits per heavy atom. The van der Waals surface area contributed by atoms with E-state index in [-0.39, 0.29) is 11.3 Å². The Morgan fingerprint density at radius 1 is 0.980 bits per heavy atom. The third kappa shape index (κ3) is 8.02. The van der Waals surface area contributed by atoms with E-state index >= 15 is 0 Å². The van der Waals surface area contributed by atoms with Gasteiger partial charge in [0.15, 0.2) is 13.1 Å². The zero-order valence-electron chi connectivity index (χ0n) is 29.4. The van der Waals surface area contributed by atoms with Gasteiger partial charge in [-0.1, -0.05) is 50.6 Å². The fraction of sp³-hybridized carbons (Fsp3) is 0.385. The predicted octanol–water partition coefficient (Wildman–Crippen LogP) is 6.11. The zero-order chi connectivity index (χ0) is 36.1. The van der Waals surface area contributed by atoms with E-state index in [1.807, 2.05) is 51.1 Å². The average Bonchev–Trinajstić information content (AvgIpc) is 3.29. The molecule has 266 valence electrons. The number of hydrogen-bond acceptors (Lipinski definition) is 8. The number of rotatable bonds is 15. The number of carboxylic acid groups (broad SMARTS) is 1. The summed E-state index contributed by atoms with van der Waals surface area (Å²) in [7, 11) is -1.31. The summed E-state index contributed by atoms with van der Waals surface area (Å²) in [6.45, 7) is 9.16. The Labute approximate surface area is 294 Å². The normalized spacial score (nSPS) is 14.8. The third-order valence-electron chi connectivity index (χ3n) is 9.45. The average molecular weight is 703 g/mol. The summed E-state index contributed by atoms with van der Waals surface area (Å²) in [5.74, 6) is 0.613. The van der Waals surface area contributed by atoms with Crippen LogP contribution in [-0.2, 0) is 29.8 Å². The van der Waals surface area contributed by atoms with E-state index < -0.39 is 21.5 Å². The van der Waals surface area contributed by atoms with Crippen LogP contribution < -0.4 is 14.8 Å². The maximum Gasteiger partial charge on any atom is 0.303 e. The van der Waals surface area contributed by atoms with Gasteiger partial charge in [0, 0.05) is 66.7 Å². The van der Waals surface area contributed by atoms with Gasteiger partial charge in [-0.2, -0.15) is 0 Å². The number of aliphatic carboxylic acids is 1. The first kappa shape index (κ1) is 37.0. The first-order valence-electron chi connectivity index (χ1n) is 16.9. The van der Waals surface area contributed by atoms with E-state index in [1.165, 1.54) is 12.1 Å². The standard InChI is InChI=1S/C39H46N2O8S/c1-27-32(26-36-39(2,3)33-25-30(50(44,45)46)16-18-34(33)41(36)19-11-7-10-14-37(42)43)31-17-15-29(40(20-22-47-4)21-23-48-5)24-35(31)49-38(27)28-12-8-6-9-13-28/h6,8-9,12-13,15-18,24-26H,7,10-11,14,19-23H2,1-5H3,(H-,42,43,44,45,46). The van der Waals surface area contributed by atoms with E-state index in [1.54, 1.807) is 20.3 Å². The third-order valence-corrected chi connectivity index (χ3v) is 10.3. The molecule has 0 spiro atoms. The number of ether oxygens (including phenoxy) is 2. The summed E-state index contributed by atoms with van der Waals surface area (Å²) in [5.41, 5.74) is 5.57. The Bertz CT molecular complexity index is 2010. The van der Waals surface area contributed by atoms with Crippen molar-refractivity contribution in [3.8, 4) is 22.6 Å². The summed E-state index contributed by atoms with van der Waals surface area (Å²) in [4.78, 5) is 13.1. The Balaban J connectivity index is 1.73. The van der Waals surface area contributed by atoms with Gasteiger partial charge in [-0.25, -0.2) is 13.0 Å². The lowest BCUT2D eigenvalue weighted by Crippen LogP contribution is -2.35. The number of carbonyl (C=O) groups is 1. The lowest BCUT2D eigenvalue weighted by Gasteiger charge is -2.28. The number of hydrogen-bond donors (Lipinski definition) is 1. The van der Waals surface area contributed by atoms with Crippen molar-refractivity contribution in [1.82, 2.24) is 4.58 Å².